The topological polar surface area (TPSA) is 42.0 Å². The van der Waals surface area contributed by atoms with Crippen molar-refractivity contribution in [1.82, 2.24) is 0 Å². The zero-order valence-corrected chi connectivity index (χ0v) is 7.29. The molecule has 1 unspecified atom stereocenters. The first kappa shape index (κ1) is 8.48. The largest absolute Gasteiger partial charge is 0.396 e. The molecule has 2 fully saturated rings. The molecule has 3 heteroatoms. The third-order valence-electron chi connectivity index (χ3n) is 2.95. The molecular formula is C9H16O3. The molecule has 12 heavy (non-hydrogen) atoms. The Balaban J connectivity index is 1.90. The number of aliphatic hydroxyl groups excluding tert-OH is 1. The van der Waals surface area contributed by atoms with E-state index in [0.29, 0.717) is 6.10 Å². The number of epoxide rings is 1. The number of ether oxygens (including phenoxy) is 2. The van der Waals surface area contributed by atoms with E-state index in [2.05, 4.69) is 0 Å². The van der Waals surface area contributed by atoms with E-state index in [4.69, 9.17) is 9.47 Å². The van der Waals surface area contributed by atoms with Gasteiger partial charge >= 0.3 is 0 Å². The highest BCUT2D eigenvalue weighted by atomic mass is 16.6. The second kappa shape index (κ2) is 3.32. The molecule has 2 aliphatic rings. The first-order chi connectivity index (χ1) is 5.85. The summed E-state index contributed by atoms with van der Waals surface area (Å²) in [6.07, 6.45) is 3.43. The molecule has 70 valence electrons. The fraction of sp³-hybridized carbons (Fsp3) is 1.00. The lowest BCUT2D eigenvalue weighted by Crippen LogP contribution is -2.34. The molecule has 1 atom stereocenters. The Morgan fingerprint density at radius 3 is 2.50 bits per heavy atom. The van der Waals surface area contributed by atoms with Gasteiger partial charge in [-0.05, 0) is 19.3 Å². The standard InChI is InChI=1S/C9H16O3/c10-7-9(5-8-6-12-8)1-3-11-4-2-9/h8,10H,1-7H2. The summed E-state index contributed by atoms with van der Waals surface area (Å²) in [5.41, 5.74) is 0.111. The van der Waals surface area contributed by atoms with E-state index in [9.17, 15) is 5.11 Å². The number of hydrogen-bond acceptors (Lipinski definition) is 3. The molecule has 2 aliphatic heterocycles. The maximum atomic E-state index is 9.31. The van der Waals surface area contributed by atoms with Crippen LogP contribution in [0.4, 0.5) is 0 Å². The molecule has 2 rings (SSSR count). The van der Waals surface area contributed by atoms with Crippen molar-refractivity contribution in [2.45, 2.75) is 25.4 Å². The van der Waals surface area contributed by atoms with Crippen LogP contribution in [0.25, 0.3) is 0 Å². The fourth-order valence-corrected chi connectivity index (χ4v) is 1.90. The second-order valence-corrected chi connectivity index (χ2v) is 3.93. The third kappa shape index (κ3) is 1.79. The summed E-state index contributed by atoms with van der Waals surface area (Å²) in [6.45, 7) is 2.78. The van der Waals surface area contributed by atoms with Crippen molar-refractivity contribution in [2.24, 2.45) is 5.41 Å². The smallest absolute Gasteiger partial charge is 0.0816 e. The van der Waals surface area contributed by atoms with Crippen LogP contribution in [0.15, 0.2) is 0 Å². The average molecular weight is 172 g/mol. The molecule has 3 nitrogen and oxygen atoms in total. The summed E-state index contributed by atoms with van der Waals surface area (Å²) in [5, 5.41) is 9.31. The quantitative estimate of drug-likeness (QED) is 0.633. The van der Waals surface area contributed by atoms with Gasteiger partial charge in [0.1, 0.15) is 0 Å². The highest BCUT2D eigenvalue weighted by Crippen LogP contribution is 2.38. The van der Waals surface area contributed by atoms with E-state index < -0.39 is 0 Å². The predicted molar refractivity (Wildman–Crippen MR) is 43.9 cm³/mol. The summed E-state index contributed by atoms with van der Waals surface area (Å²) in [7, 11) is 0. The minimum absolute atomic E-state index is 0.111. The molecule has 2 heterocycles. The highest BCUT2D eigenvalue weighted by Gasteiger charge is 2.38. The summed E-state index contributed by atoms with van der Waals surface area (Å²) in [5.74, 6) is 0. The van der Waals surface area contributed by atoms with Crippen molar-refractivity contribution in [3.05, 3.63) is 0 Å². The molecule has 2 saturated heterocycles. The molecule has 0 radical (unpaired) electrons. The van der Waals surface area contributed by atoms with Gasteiger partial charge in [-0.2, -0.15) is 0 Å². The van der Waals surface area contributed by atoms with Crippen LogP contribution >= 0.6 is 0 Å². The van der Waals surface area contributed by atoms with Crippen LogP contribution < -0.4 is 0 Å². The van der Waals surface area contributed by atoms with Gasteiger partial charge < -0.3 is 14.6 Å². The average Bonchev–Trinajstić information content (AvgIpc) is 2.90. The van der Waals surface area contributed by atoms with E-state index in [0.717, 1.165) is 39.1 Å². The molecule has 0 aromatic carbocycles. The molecule has 0 saturated carbocycles. The summed E-state index contributed by atoms with van der Waals surface area (Å²) in [6, 6.07) is 0. The van der Waals surface area contributed by atoms with Crippen LogP contribution in [0, 0.1) is 5.41 Å². The molecule has 1 N–H and O–H groups in total. The third-order valence-corrected chi connectivity index (χ3v) is 2.95. The van der Waals surface area contributed by atoms with E-state index in [1.165, 1.54) is 0 Å². The number of rotatable bonds is 3. The van der Waals surface area contributed by atoms with E-state index in [1.54, 1.807) is 0 Å². The SMILES string of the molecule is OCC1(CC2CO2)CCOCC1. The first-order valence-corrected chi connectivity index (χ1v) is 4.65. The van der Waals surface area contributed by atoms with Gasteiger partial charge in [0.15, 0.2) is 0 Å². The minimum atomic E-state index is 0.111. The number of aliphatic hydroxyl groups is 1. The van der Waals surface area contributed by atoms with Crippen LogP contribution in [0.1, 0.15) is 19.3 Å². The Morgan fingerprint density at radius 2 is 2.00 bits per heavy atom. The van der Waals surface area contributed by atoms with Gasteiger partial charge in [-0.3, -0.25) is 0 Å². The highest BCUT2D eigenvalue weighted by molar-refractivity contribution is 4.87. The predicted octanol–water partition coefficient (Wildman–Crippen LogP) is 0.564. The van der Waals surface area contributed by atoms with Crippen LogP contribution in [-0.2, 0) is 9.47 Å². The summed E-state index contributed by atoms with van der Waals surface area (Å²) < 4.78 is 10.5. The summed E-state index contributed by atoms with van der Waals surface area (Å²) in [4.78, 5) is 0. The van der Waals surface area contributed by atoms with Gasteiger partial charge in [-0.1, -0.05) is 0 Å². The van der Waals surface area contributed by atoms with Gasteiger partial charge in [0.2, 0.25) is 0 Å². The van der Waals surface area contributed by atoms with Crippen molar-refractivity contribution >= 4 is 0 Å². The molecule has 0 aliphatic carbocycles. The summed E-state index contributed by atoms with van der Waals surface area (Å²) >= 11 is 0. The van der Waals surface area contributed by atoms with Crippen LogP contribution in [0.3, 0.4) is 0 Å². The van der Waals surface area contributed by atoms with Crippen molar-refractivity contribution < 1.29 is 14.6 Å². The number of hydrogen-bond donors (Lipinski definition) is 1. The Morgan fingerprint density at radius 1 is 1.33 bits per heavy atom. The van der Waals surface area contributed by atoms with Gasteiger partial charge in [0, 0.05) is 25.2 Å². The molecule has 0 spiro atoms. The minimum Gasteiger partial charge on any atom is -0.396 e. The van der Waals surface area contributed by atoms with Crippen molar-refractivity contribution in [1.29, 1.82) is 0 Å². The van der Waals surface area contributed by atoms with Gasteiger partial charge in [-0.25, -0.2) is 0 Å². The van der Waals surface area contributed by atoms with E-state index in [-0.39, 0.29) is 12.0 Å². The zero-order valence-electron chi connectivity index (χ0n) is 7.29. The van der Waals surface area contributed by atoms with E-state index >= 15 is 0 Å². The lowest BCUT2D eigenvalue weighted by Gasteiger charge is -2.35. The molecule has 0 amide bonds. The van der Waals surface area contributed by atoms with Gasteiger partial charge in [0.25, 0.3) is 0 Å². The fourth-order valence-electron chi connectivity index (χ4n) is 1.90. The Bertz CT molecular complexity index is 148. The van der Waals surface area contributed by atoms with Crippen LogP contribution in [0.2, 0.25) is 0 Å². The van der Waals surface area contributed by atoms with E-state index in [1.807, 2.05) is 0 Å². The maximum absolute atomic E-state index is 9.31. The molecule has 0 bridgehead atoms. The van der Waals surface area contributed by atoms with Crippen LogP contribution in [0.5, 0.6) is 0 Å². The van der Waals surface area contributed by atoms with Gasteiger partial charge in [0.05, 0.1) is 12.7 Å². The normalized spacial score (nSPS) is 33.2. The van der Waals surface area contributed by atoms with Crippen molar-refractivity contribution in [3.63, 3.8) is 0 Å². The first-order valence-electron chi connectivity index (χ1n) is 4.65. The Hall–Kier alpha value is -0.120. The maximum Gasteiger partial charge on any atom is 0.0816 e. The van der Waals surface area contributed by atoms with Crippen molar-refractivity contribution in [2.75, 3.05) is 26.4 Å². The van der Waals surface area contributed by atoms with Crippen LogP contribution in [-0.4, -0.2) is 37.6 Å². The lowest BCUT2D eigenvalue weighted by atomic mass is 9.77. The zero-order chi connectivity index (χ0) is 8.44. The molecule has 0 aromatic rings. The molecular weight excluding hydrogens is 156 g/mol. The Kier molecular flexibility index (Phi) is 2.35. The monoisotopic (exact) mass is 172 g/mol. The molecule has 0 aromatic heterocycles. The second-order valence-electron chi connectivity index (χ2n) is 3.93. The van der Waals surface area contributed by atoms with Gasteiger partial charge in [-0.15, -0.1) is 0 Å². The van der Waals surface area contributed by atoms with Crippen molar-refractivity contribution in [3.8, 4) is 0 Å². The Labute approximate surface area is 72.7 Å². The lowest BCUT2D eigenvalue weighted by molar-refractivity contribution is -0.0240.